The maximum atomic E-state index is 12.4. The van der Waals surface area contributed by atoms with Gasteiger partial charge >= 0.3 is 12.4 Å². The van der Waals surface area contributed by atoms with Crippen LogP contribution < -0.4 is 10.6 Å². The van der Waals surface area contributed by atoms with E-state index >= 15 is 0 Å². The van der Waals surface area contributed by atoms with Crippen LogP contribution in [0.3, 0.4) is 0 Å². The van der Waals surface area contributed by atoms with Gasteiger partial charge < -0.3 is 15.4 Å². The van der Waals surface area contributed by atoms with Crippen LogP contribution >= 0.6 is 11.3 Å². The average molecular weight is 392 g/mol. The molecule has 0 aliphatic carbocycles. The van der Waals surface area contributed by atoms with Gasteiger partial charge in [0.05, 0.1) is 5.01 Å². The monoisotopic (exact) mass is 392 g/mol. The van der Waals surface area contributed by atoms with Crippen molar-refractivity contribution in [3.63, 3.8) is 0 Å². The molecule has 1 aromatic heterocycles. The van der Waals surface area contributed by atoms with Crippen molar-refractivity contribution in [2.45, 2.75) is 25.2 Å². The van der Waals surface area contributed by atoms with Gasteiger partial charge in [0.15, 0.2) is 11.7 Å². The van der Waals surface area contributed by atoms with Crippen molar-refractivity contribution in [1.82, 2.24) is 15.6 Å². The minimum Gasteiger partial charge on any atom is -0.372 e. The van der Waals surface area contributed by atoms with Crippen LogP contribution in [0.5, 0.6) is 0 Å². The SMILES string of the molecule is CN=C(NCCCOCC(F)(F)F)NCCc1nc(C(F)(F)F)cs1. The number of nitrogens with zero attached hydrogens (tertiary/aromatic N) is 2. The lowest BCUT2D eigenvalue weighted by Gasteiger charge is -2.12. The number of hydrogen-bond donors (Lipinski definition) is 2. The van der Waals surface area contributed by atoms with E-state index in [1.54, 1.807) is 0 Å². The molecule has 0 bridgehead atoms. The topological polar surface area (TPSA) is 58.5 Å². The van der Waals surface area contributed by atoms with Gasteiger partial charge in [-0.1, -0.05) is 0 Å². The number of halogens is 6. The van der Waals surface area contributed by atoms with Crippen LogP contribution in [-0.4, -0.2) is 50.5 Å². The van der Waals surface area contributed by atoms with Crippen molar-refractivity contribution in [3.05, 3.63) is 16.1 Å². The Morgan fingerprint density at radius 1 is 1.20 bits per heavy atom. The Bertz CT molecular complexity index is 543. The second-order valence-electron chi connectivity index (χ2n) is 4.82. The van der Waals surface area contributed by atoms with Gasteiger partial charge in [0.2, 0.25) is 0 Å². The van der Waals surface area contributed by atoms with E-state index in [2.05, 4.69) is 25.3 Å². The molecule has 0 saturated carbocycles. The van der Waals surface area contributed by atoms with E-state index in [-0.39, 0.29) is 13.0 Å². The molecule has 0 fully saturated rings. The fourth-order valence-electron chi connectivity index (χ4n) is 1.63. The summed E-state index contributed by atoms with van der Waals surface area (Å²) in [4.78, 5) is 7.40. The van der Waals surface area contributed by atoms with E-state index in [4.69, 9.17) is 0 Å². The van der Waals surface area contributed by atoms with Crippen LogP contribution in [0, 0.1) is 0 Å². The highest BCUT2D eigenvalue weighted by molar-refractivity contribution is 7.09. The Morgan fingerprint density at radius 2 is 1.88 bits per heavy atom. The standard InChI is InChI=1S/C13H18F6N4OS/c1-20-11(21-4-2-6-24-8-12(14,15)16)22-5-3-10-23-9(7-25-10)13(17,18)19/h7H,2-6,8H2,1H3,(H2,20,21,22). The van der Waals surface area contributed by atoms with Gasteiger partial charge in [-0.25, -0.2) is 4.98 Å². The quantitative estimate of drug-likeness (QED) is 0.309. The lowest BCUT2D eigenvalue weighted by atomic mass is 10.4. The van der Waals surface area contributed by atoms with E-state index in [0.29, 0.717) is 30.5 Å². The van der Waals surface area contributed by atoms with Gasteiger partial charge in [-0.2, -0.15) is 26.3 Å². The largest absolute Gasteiger partial charge is 0.434 e. The summed E-state index contributed by atoms with van der Waals surface area (Å²) in [5.41, 5.74) is -0.908. The van der Waals surface area contributed by atoms with Gasteiger partial charge in [-0.05, 0) is 6.42 Å². The highest BCUT2D eigenvalue weighted by atomic mass is 32.1. The molecule has 25 heavy (non-hydrogen) atoms. The highest BCUT2D eigenvalue weighted by Gasteiger charge is 2.33. The van der Waals surface area contributed by atoms with Gasteiger partial charge in [-0.15, -0.1) is 11.3 Å². The van der Waals surface area contributed by atoms with Crippen LogP contribution in [0.1, 0.15) is 17.1 Å². The summed E-state index contributed by atoms with van der Waals surface area (Å²) in [6.45, 7) is -0.682. The van der Waals surface area contributed by atoms with E-state index in [9.17, 15) is 26.3 Å². The zero-order chi connectivity index (χ0) is 18.9. The number of aromatic nitrogens is 1. The molecule has 1 aromatic rings. The molecule has 0 radical (unpaired) electrons. The Kier molecular flexibility index (Phi) is 8.42. The van der Waals surface area contributed by atoms with Crippen LogP contribution in [0.15, 0.2) is 10.4 Å². The summed E-state index contributed by atoms with van der Waals surface area (Å²) in [6.07, 6.45) is -8.16. The van der Waals surface area contributed by atoms with Crippen molar-refractivity contribution in [2.24, 2.45) is 4.99 Å². The number of guanidine groups is 1. The molecule has 1 rings (SSSR count). The number of nitrogens with one attached hydrogen (secondary N) is 2. The van der Waals surface area contributed by atoms with Crippen LogP contribution in [0.4, 0.5) is 26.3 Å². The van der Waals surface area contributed by atoms with E-state index in [1.807, 2.05) is 0 Å². The summed E-state index contributed by atoms with van der Waals surface area (Å²) < 4.78 is 77.3. The molecule has 2 N–H and O–H groups in total. The predicted molar refractivity (Wildman–Crippen MR) is 81.7 cm³/mol. The molecule has 0 spiro atoms. The summed E-state index contributed by atoms with van der Waals surface area (Å²) in [6, 6.07) is 0. The van der Waals surface area contributed by atoms with Crippen molar-refractivity contribution in [3.8, 4) is 0 Å². The Labute approximate surface area is 144 Å². The zero-order valence-electron chi connectivity index (χ0n) is 13.3. The molecular formula is C13H18F6N4OS. The van der Waals surface area contributed by atoms with Crippen molar-refractivity contribution >= 4 is 17.3 Å². The molecule has 0 aliphatic rings. The number of aliphatic imine (C=N–C) groups is 1. The summed E-state index contributed by atoms with van der Waals surface area (Å²) in [7, 11) is 1.50. The van der Waals surface area contributed by atoms with Gasteiger partial charge in [0.25, 0.3) is 0 Å². The third-order valence-electron chi connectivity index (χ3n) is 2.72. The minimum atomic E-state index is -4.45. The molecule has 0 unspecified atom stereocenters. The molecule has 0 saturated heterocycles. The Balaban J connectivity index is 2.19. The minimum absolute atomic E-state index is 0.0527. The Morgan fingerprint density at radius 3 is 2.44 bits per heavy atom. The molecule has 144 valence electrons. The molecule has 5 nitrogen and oxygen atoms in total. The number of ether oxygens (including phenoxy) is 1. The van der Waals surface area contributed by atoms with Crippen molar-refractivity contribution in [2.75, 3.05) is 33.4 Å². The van der Waals surface area contributed by atoms with E-state index < -0.39 is 24.7 Å². The number of thiazole rings is 1. The lowest BCUT2D eigenvalue weighted by molar-refractivity contribution is -0.173. The number of alkyl halides is 6. The number of hydrogen-bond acceptors (Lipinski definition) is 4. The smallest absolute Gasteiger partial charge is 0.372 e. The fourth-order valence-corrected chi connectivity index (χ4v) is 2.44. The first-order chi connectivity index (χ1) is 11.6. The first kappa shape index (κ1) is 21.5. The molecule has 12 heteroatoms. The number of rotatable bonds is 8. The zero-order valence-corrected chi connectivity index (χ0v) is 14.1. The third-order valence-corrected chi connectivity index (χ3v) is 3.63. The molecular weight excluding hydrogens is 374 g/mol. The predicted octanol–water partition coefficient (Wildman–Crippen LogP) is 2.84. The maximum Gasteiger partial charge on any atom is 0.434 e. The second kappa shape index (κ2) is 9.80. The molecule has 0 amide bonds. The van der Waals surface area contributed by atoms with Crippen LogP contribution in [0.25, 0.3) is 0 Å². The molecule has 0 atom stereocenters. The molecule has 0 aromatic carbocycles. The third kappa shape index (κ3) is 9.48. The van der Waals surface area contributed by atoms with Crippen LogP contribution in [0.2, 0.25) is 0 Å². The fraction of sp³-hybridized carbons (Fsp3) is 0.692. The lowest BCUT2D eigenvalue weighted by Crippen LogP contribution is -2.39. The molecule has 1 heterocycles. The second-order valence-corrected chi connectivity index (χ2v) is 5.76. The maximum absolute atomic E-state index is 12.4. The van der Waals surface area contributed by atoms with Gasteiger partial charge in [-0.3, -0.25) is 4.99 Å². The normalized spacial score (nSPS) is 13.2. The molecule has 0 aliphatic heterocycles. The average Bonchev–Trinajstić information content (AvgIpc) is 2.96. The van der Waals surface area contributed by atoms with Crippen LogP contribution in [-0.2, 0) is 17.3 Å². The van der Waals surface area contributed by atoms with Gasteiger partial charge in [0.1, 0.15) is 6.61 Å². The Hall–Kier alpha value is -1.56. The van der Waals surface area contributed by atoms with E-state index in [0.717, 1.165) is 16.7 Å². The first-order valence-corrected chi connectivity index (χ1v) is 8.10. The van der Waals surface area contributed by atoms with Gasteiger partial charge in [0, 0.05) is 38.5 Å². The summed E-state index contributed by atoms with van der Waals surface area (Å²) in [5.74, 6) is 0.392. The first-order valence-electron chi connectivity index (χ1n) is 7.22. The summed E-state index contributed by atoms with van der Waals surface area (Å²) >= 11 is 0.925. The van der Waals surface area contributed by atoms with Crippen molar-refractivity contribution < 1.29 is 31.1 Å². The summed E-state index contributed by atoms with van der Waals surface area (Å²) in [5, 5.41) is 7.05. The van der Waals surface area contributed by atoms with E-state index in [1.165, 1.54) is 7.05 Å². The van der Waals surface area contributed by atoms with Crippen molar-refractivity contribution in [1.29, 1.82) is 0 Å². The highest BCUT2D eigenvalue weighted by Crippen LogP contribution is 2.29.